The Morgan fingerprint density at radius 1 is 1.75 bits per heavy atom. The number of aromatic amines is 1. The topological polar surface area (TPSA) is 90.0 Å². The first-order valence-electron chi connectivity index (χ1n) is 5.43. The molecule has 0 radical (unpaired) electrons. The quantitative estimate of drug-likeness (QED) is 0.534. The molecule has 88 valence electrons. The number of carboxylic acid groups (broad SMARTS) is 1. The van der Waals surface area contributed by atoms with Crippen molar-refractivity contribution >= 4 is 5.97 Å². The third-order valence-corrected chi connectivity index (χ3v) is 2.76. The Hall–Kier alpha value is -1.40. The van der Waals surface area contributed by atoms with Crippen molar-refractivity contribution in [3.05, 3.63) is 18.2 Å². The molecular formula is C10H16N4O2. The Labute approximate surface area is 93.5 Å². The minimum atomic E-state index is -0.824. The zero-order valence-electron chi connectivity index (χ0n) is 8.94. The molecule has 0 amide bonds. The van der Waals surface area contributed by atoms with Gasteiger partial charge in [-0.2, -0.15) is 0 Å². The number of aliphatic carboxylic acids is 1. The number of carboxylic acids is 1. The van der Waals surface area contributed by atoms with Gasteiger partial charge < -0.3 is 15.4 Å². The van der Waals surface area contributed by atoms with Crippen molar-refractivity contribution in [2.45, 2.75) is 24.9 Å². The molecule has 2 heterocycles. The van der Waals surface area contributed by atoms with E-state index in [1.165, 1.54) is 0 Å². The van der Waals surface area contributed by atoms with Crippen molar-refractivity contribution in [3.8, 4) is 0 Å². The van der Waals surface area contributed by atoms with E-state index in [0.29, 0.717) is 6.42 Å². The van der Waals surface area contributed by atoms with Crippen LogP contribution in [0.4, 0.5) is 0 Å². The molecule has 0 spiro atoms. The first-order valence-corrected chi connectivity index (χ1v) is 5.43. The summed E-state index contributed by atoms with van der Waals surface area (Å²) in [6.07, 6.45) is 4.68. The van der Waals surface area contributed by atoms with Crippen molar-refractivity contribution in [1.29, 1.82) is 0 Å². The summed E-state index contributed by atoms with van der Waals surface area (Å²) >= 11 is 0. The number of carbonyl (C=O) groups is 1. The van der Waals surface area contributed by atoms with Gasteiger partial charge in [-0.05, 0) is 13.0 Å². The molecule has 4 N–H and O–H groups in total. The normalized spacial score (nSPS) is 22.1. The van der Waals surface area contributed by atoms with Crippen molar-refractivity contribution in [3.63, 3.8) is 0 Å². The highest BCUT2D eigenvalue weighted by Crippen LogP contribution is 2.04. The van der Waals surface area contributed by atoms with Gasteiger partial charge in [-0.25, -0.2) is 4.98 Å². The molecule has 16 heavy (non-hydrogen) atoms. The predicted molar refractivity (Wildman–Crippen MR) is 58.1 cm³/mol. The summed E-state index contributed by atoms with van der Waals surface area (Å²) in [4.78, 5) is 18.0. The summed E-state index contributed by atoms with van der Waals surface area (Å²) < 4.78 is 0. The maximum atomic E-state index is 11.1. The highest BCUT2D eigenvalue weighted by molar-refractivity contribution is 5.73. The van der Waals surface area contributed by atoms with E-state index in [4.69, 9.17) is 5.11 Å². The van der Waals surface area contributed by atoms with E-state index in [0.717, 1.165) is 25.2 Å². The van der Waals surface area contributed by atoms with Crippen LogP contribution in [-0.2, 0) is 11.2 Å². The van der Waals surface area contributed by atoms with Crippen LogP contribution in [0.2, 0.25) is 0 Å². The second-order valence-corrected chi connectivity index (χ2v) is 4.01. The number of rotatable bonds is 5. The van der Waals surface area contributed by atoms with Crippen molar-refractivity contribution in [2.24, 2.45) is 0 Å². The van der Waals surface area contributed by atoms with E-state index in [-0.39, 0.29) is 6.04 Å². The van der Waals surface area contributed by atoms with Crippen LogP contribution >= 0.6 is 0 Å². The molecule has 1 aromatic rings. The lowest BCUT2D eigenvalue weighted by Crippen LogP contribution is -2.45. The maximum absolute atomic E-state index is 11.1. The summed E-state index contributed by atoms with van der Waals surface area (Å²) in [5, 5.41) is 15.4. The van der Waals surface area contributed by atoms with Gasteiger partial charge in [-0.15, -0.1) is 0 Å². The van der Waals surface area contributed by atoms with E-state index in [9.17, 15) is 4.79 Å². The number of nitrogens with one attached hydrogen (secondary N) is 3. The van der Waals surface area contributed by atoms with E-state index >= 15 is 0 Å². The average molecular weight is 224 g/mol. The summed E-state index contributed by atoms with van der Waals surface area (Å²) in [5.74, 6) is -0.824. The van der Waals surface area contributed by atoms with Crippen LogP contribution in [0.25, 0.3) is 0 Å². The summed E-state index contributed by atoms with van der Waals surface area (Å²) in [7, 11) is 0. The highest BCUT2D eigenvalue weighted by Gasteiger charge is 2.24. The summed E-state index contributed by atoms with van der Waals surface area (Å²) in [6, 6.07) is -0.312. The highest BCUT2D eigenvalue weighted by atomic mass is 16.4. The maximum Gasteiger partial charge on any atom is 0.321 e. The standard InChI is InChI=1S/C10H16N4O2/c15-10(16)9(3-8-5-12-6-13-8)14-7-1-2-11-4-7/h5-7,9,11,14H,1-4H2,(H,12,13)(H,15,16)/t7?,9-/m0/s1. The van der Waals surface area contributed by atoms with Crippen LogP contribution in [0, 0.1) is 0 Å². The minimum Gasteiger partial charge on any atom is -0.480 e. The van der Waals surface area contributed by atoms with Crippen LogP contribution in [-0.4, -0.2) is 46.2 Å². The van der Waals surface area contributed by atoms with Crippen LogP contribution in [0.3, 0.4) is 0 Å². The molecule has 1 fully saturated rings. The fourth-order valence-corrected chi connectivity index (χ4v) is 1.91. The number of imidazole rings is 1. The van der Waals surface area contributed by atoms with Gasteiger partial charge in [0.2, 0.25) is 0 Å². The molecule has 1 aliphatic rings. The van der Waals surface area contributed by atoms with Crippen LogP contribution < -0.4 is 10.6 Å². The van der Waals surface area contributed by atoms with E-state index in [1.807, 2.05) is 0 Å². The van der Waals surface area contributed by atoms with Gasteiger partial charge >= 0.3 is 5.97 Å². The van der Waals surface area contributed by atoms with Gasteiger partial charge in [0.05, 0.1) is 12.0 Å². The molecule has 1 aliphatic heterocycles. The molecule has 0 saturated carbocycles. The lowest BCUT2D eigenvalue weighted by molar-refractivity contribution is -0.139. The lowest BCUT2D eigenvalue weighted by atomic mass is 10.1. The Balaban J connectivity index is 1.91. The zero-order chi connectivity index (χ0) is 11.4. The van der Waals surface area contributed by atoms with E-state index < -0.39 is 12.0 Å². The third-order valence-electron chi connectivity index (χ3n) is 2.76. The molecule has 2 atom stereocenters. The number of hydrogen-bond acceptors (Lipinski definition) is 4. The van der Waals surface area contributed by atoms with Crippen molar-refractivity contribution in [1.82, 2.24) is 20.6 Å². The fraction of sp³-hybridized carbons (Fsp3) is 0.600. The second kappa shape index (κ2) is 5.09. The van der Waals surface area contributed by atoms with E-state index in [1.54, 1.807) is 12.5 Å². The predicted octanol–water partition coefficient (Wildman–Crippen LogP) is -0.643. The first kappa shape index (κ1) is 11.1. The molecule has 6 nitrogen and oxygen atoms in total. The Bertz CT molecular complexity index is 333. The van der Waals surface area contributed by atoms with Crippen LogP contribution in [0.1, 0.15) is 12.1 Å². The largest absolute Gasteiger partial charge is 0.480 e. The van der Waals surface area contributed by atoms with E-state index in [2.05, 4.69) is 20.6 Å². The van der Waals surface area contributed by atoms with Gasteiger partial charge in [0.1, 0.15) is 6.04 Å². The average Bonchev–Trinajstić information content (AvgIpc) is 2.88. The molecule has 6 heteroatoms. The molecule has 1 aromatic heterocycles. The smallest absolute Gasteiger partial charge is 0.321 e. The van der Waals surface area contributed by atoms with Gasteiger partial charge in [-0.1, -0.05) is 0 Å². The van der Waals surface area contributed by atoms with Gasteiger partial charge in [0.25, 0.3) is 0 Å². The van der Waals surface area contributed by atoms with Gasteiger partial charge in [0, 0.05) is 25.2 Å². The van der Waals surface area contributed by atoms with Crippen molar-refractivity contribution < 1.29 is 9.90 Å². The SMILES string of the molecule is O=C(O)[C@H](Cc1c[nH]cn1)NC1CCNC1. The fourth-order valence-electron chi connectivity index (χ4n) is 1.91. The molecule has 2 rings (SSSR count). The van der Waals surface area contributed by atoms with Crippen LogP contribution in [0.15, 0.2) is 12.5 Å². The lowest BCUT2D eigenvalue weighted by Gasteiger charge is -2.18. The van der Waals surface area contributed by atoms with Gasteiger partial charge in [0.15, 0.2) is 0 Å². The molecule has 1 saturated heterocycles. The number of hydrogen-bond donors (Lipinski definition) is 4. The van der Waals surface area contributed by atoms with Crippen LogP contribution in [0.5, 0.6) is 0 Å². The second-order valence-electron chi connectivity index (χ2n) is 4.01. The molecular weight excluding hydrogens is 208 g/mol. The summed E-state index contributed by atoms with van der Waals surface area (Å²) in [6.45, 7) is 1.79. The number of H-pyrrole nitrogens is 1. The molecule has 0 aliphatic carbocycles. The monoisotopic (exact) mass is 224 g/mol. The van der Waals surface area contributed by atoms with Crippen molar-refractivity contribution in [2.75, 3.05) is 13.1 Å². The summed E-state index contributed by atoms with van der Waals surface area (Å²) in [5.41, 5.74) is 0.769. The zero-order valence-corrected chi connectivity index (χ0v) is 8.94. The first-order chi connectivity index (χ1) is 7.75. The molecule has 0 bridgehead atoms. The number of aromatic nitrogens is 2. The third kappa shape index (κ3) is 2.80. The minimum absolute atomic E-state index is 0.250. The molecule has 0 aromatic carbocycles. The molecule has 1 unspecified atom stereocenters. The Morgan fingerprint density at radius 3 is 3.19 bits per heavy atom. The Morgan fingerprint density at radius 2 is 2.62 bits per heavy atom. The Kier molecular flexibility index (Phi) is 3.53. The number of nitrogens with zero attached hydrogens (tertiary/aromatic N) is 1. The van der Waals surface area contributed by atoms with Gasteiger partial charge in [-0.3, -0.25) is 10.1 Å².